The molecule has 0 aliphatic heterocycles. The van der Waals surface area contributed by atoms with E-state index >= 15 is 0 Å². The Balaban J connectivity index is 2.35. The number of rotatable bonds is 3. The van der Waals surface area contributed by atoms with Crippen molar-refractivity contribution in [2.24, 2.45) is 0 Å². The highest BCUT2D eigenvalue weighted by molar-refractivity contribution is 5.92. The zero-order chi connectivity index (χ0) is 10.2. The van der Waals surface area contributed by atoms with Gasteiger partial charge in [0.2, 0.25) is 0 Å². The van der Waals surface area contributed by atoms with Gasteiger partial charge < -0.3 is 0 Å². The van der Waals surface area contributed by atoms with E-state index in [9.17, 15) is 9.18 Å². The molecule has 0 amide bonds. The van der Waals surface area contributed by atoms with E-state index in [1.807, 2.05) is 13.0 Å². The number of carbonyl (C=O) groups is 1. The zero-order valence-corrected chi connectivity index (χ0v) is 8.22. The van der Waals surface area contributed by atoms with Gasteiger partial charge in [0.25, 0.3) is 0 Å². The molecule has 0 unspecified atom stereocenters. The molecule has 0 N–H and O–H groups in total. The van der Waals surface area contributed by atoms with Gasteiger partial charge >= 0.3 is 0 Å². The lowest BCUT2D eigenvalue weighted by molar-refractivity contribution is -0.121. The van der Waals surface area contributed by atoms with Crippen LogP contribution in [-0.2, 0) is 10.2 Å². The Labute approximate surface area is 82.9 Å². The standard InChI is InChI=1S/C12H13FO/c1-2-11(14)12(6-7-12)9-4-3-5-10(13)8-9/h3-5,8H,2,6-7H2,1H3. The number of benzene rings is 1. The smallest absolute Gasteiger partial charge is 0.143 e. The monoisotopic (exact) mass is 192 g/mol. The van der Waals surface area contributed by atoms with Gasteiger partial charge in [-0.15, -0.1) is 0 Å². The van der Waals surface area contributed by atoms with Crippen molar-refractivity contribution in [3.05, 3.63) is 35.6 Å². The Kier molecular flexibility index (Phi) is 2.14. The summed E-state index contributed by atoms with van der Waals surface area (Å²) in [5.74, 6) is -0.0132. The fourth-order valence-corrected chi connectivity index (χ4v) is 1.98. The minimum Gasteiger partial charge on any atom is -0.299 e. The highest BCUT2D eigenvalue weighted by Crippen LogP contribution is 2.49. The second-order valence-electron chi connectivity index (χ2n) is 3.87. The summed E-state index contributed by atoms with van der Waals surface area (Å²) in [6.45, 7) is 1.86. The maximum Gasteiger partial charge on any atom is 0.143 e. The SMILES string of the molecule is CCC(=O)C1(c2cccc(F)c2)CC1. The molecule has 1 aromatic carbocycles. The molecular weight excluding hydrogens is 179 g/mol. The third-order valence-corrected chi connectivity index (χ3v) is 2.98. The number of hydrogen-bond donors (Lipinski definition) is 0. The Morgan fingerprint density at radius 1 is 1.50 bits per heavy atom. The summed E-state index contributed by atoms with van der Waals surface area (Å²) < 4.78 is 13.0. The Morgan fingerprint density at radius 2 is 2.21 bits per heavy atom. The average molecular weight is 192 g/mol. The molecule has 2 heteroatoms. The fourth-order valence-electron chi connectivity index (χ4n) is 1.98. The molecule has 0 spiro atoms. The molecule has 1 saturated carbocycles. The molecule has 1 aliphatic carbocycles. The maximum absolute atomic E-state index is 13.0. The van der Waals surface area contributed by atoms with Crippen molar-refractivity contribution in [1.29, 1.82) is 0 Å². The van der Waals surface area contributed by atoms with Crippen molar-refractivity contribution in [1.82, 2.24) is 0 Å². The van der Waals surface area contributed by atoms with E-state index in [2.05, 4.69) is 0 Å². The van der Waals surface area contributed by atoms with E-state index in [-0.39, 0.29) is 17.0 Å². The van der Waals surface area contributed by atoms with Crippen LogP contribution in [0.4, 0.5) is 4.39 Å². The van der Waals surface area contributed by atoms with Crippen LogP contribution in [0.25, 0.3) is 0 Å². The molecule has 0 aromatic heterocycles. The number of Topliss-reactive ketones (excluding diaryl/α,β-unsaturated/α-hetero) is 1. The fraction of sp³-hybridized carbons (Fsp3) is 0.417. The van der Waals surface area contributed by atoms with Crippen LogP contribution in [0.15, 0.2) is 24.3 Å². The molecule has 0 heterocycles. The van der Waals surface area contributed by atoms with Crippen LogP contribution in [0.3, 0.4) is 0 Å². The van der Waals surface area contributed by atoms with Gasteiger partial charge in [-0.05, 0) is 30.5 Å². The Hall–Kier alpha value is -1.18. The van der Waals surface area contributed by atoms with Crippen LogP contribution in [-0.4, -0.2) is 5.78 Å². The number of carbonyl (C=O) groups excluding carboxylic acids is 1. The van der Waals surface area contributed by atoms with Crippen molar-refractivity contribution in [2.75, 3.05) is 0 Å². The summed E-state index contributed by atoms with van der Waals surface area (Å²) in [5, 5.41) is 0. The quantitative estimate of drug-likeness (QED) is 0.719. The van der Waals surface area contributed by atoms with Gasteiger partial charge in [0.1, 0.15) is 11.6 Å². The van der Waals surface area contributed by atoms with Gasteiger partial charge in [-0.2, -0.15) is 0 Å². The first kappa shape index (κ1) is 9.38. The first-order valence-corrected chi connectivity index (χ1v) is 4.98. The lowest BCUT2D eigenvalue weighted by Crippen LogP contribution is -2.19. The normalized spacial score (nSPS) is 17.9. The van der Waals surface area contributed by atoms with Gasteiger partial charge in [0.15, 0.2) is 0 Å². The van der Waals surface area contributed by atoms with Crippen molar-refractivity contribution >= 4 is 5.78 Å². The lowest BCUT2D eigenvalue weighted by Gasteiger charge is -2.12. The number of hydrogen-bond acceptors (Lipinski definition) is 1. The first-order chi connectivity index (χ1) is 6.69. The second kappa shape index (κ2) is 3.19. The predicted octanol–water partition coefficient (Wildman–Crippen LogP) is 2.84. The van der Waals surface area contributed by atoms with Gasteiger partial charge in [0, 0.05) is 6.42 Å². The van der Waals surface area contributed by atoms with Crippen molar-refractivity contribution in [2.45, 2.75) is 31.6 Å². The molecule has 0 radical (unpaired) electrons. The predicted molar refractivity (Wildman–Crippen MR) is 52.6 cm³/mol. The molecule has 2 rings (SSSR count). The molecule has 14 heavy (non-hydrogen) atoms. The largest absolute Gasteiger partial charge is 0.299 e. The van der Waals surface area contributed by atoms with Gasteiger partial charge in [-0.3, -0.25) is 4.79 Å². The molecule has 74 valence electrons. The summed E-state index contributed by atoms with van der Waals surface area (Å²) in [4.78, 5) is 11.7. The molecule has 0 saturated heterocycles. The minimum absolute atomic E-state index is 0.239. The van der Waals surface area contributed by atoms with E-state index in [0.29, 0.717) is 6.42 Å². The van der Waals surface area contributed by atoms with Crippen LogP contribution in [0.1, 0.15) is 31.7 Å². The topological polar surface area (TPSA) is 17.1 Å². The molecular formula is C12H13FO. The zero-order valence-electron chi connectivity index (χ0n) is 8.22. The summed E-state index contributed by atoms with van der Waals surface area (Å²) in [5.41, 5.74) is 0.515. The Bertz CT molecular complexity index is 366. The average Bonchev–Trinajstić information content (AvgIpc) is 2.97. The molecule has 0 atom stereocenters. The highest BCUT2D eigenvalue weighted by atomic mass is 19.1. The number of ketones is 1. The van der Waals surface area contributed by atoms with Crippen LogP contribution in [0, 0.1) is 5.82 Å². The molecule has 0 bridgehead atoms. The lowest BCUT2D eigenvalue weighted by atomic mass is 9.90. The van der Waals surface area contributed by atoms with Crippen molar-refractivity contribution in [3.8, 4) is 0 Å². The molecule has 1 nitrogen and oxygen atoms in total. The van der Waals surface area contributed by atoms with E-state index in [1.165, 1.54) is 12.1 Å². The van der Waals surface area contributed by atoms with Crippen LogP contribution in [0.2, 0.25) is 0 Å². The van der Waals surface area contributed by atoms with E-state index in [1.54, 1.807) is 6.07 Å². The first-order valence-electron chi connectivity index (χ1n) is 4.98. The summed E-state index contributed by atoms with van der Waals surface area (Å²) in [7, 11) is 0. The molecule has 1 fully saturated rings. The van der Waals surface area contributed by atoms with Crippen LogP contribution < -0.4 is 0 Å². The highest BCUT2D eigenvalue weighted by Gasteiger charge is 2.49. The van der Waals surface area contributed by atoms with Crippen molar-refractivity contribution < 1.29 is 9.18 Å². The van der Waals surface area contributed by atoms with Crippen LogP contribution in [0.5, 0.6) is 0 Å². The Morgan fingerprint density at radius 3 is 2.71 bits per heavy atom. The third-order valence-electron chi connectivity index (χ3n) is 2.98. The molecule has 1 aromatic rings. The van der Waals surface area contributed by atoms with E-state index < -0.39 is 0 Å². The third kappa shape index (κ3) is 1.35. The molecule has 1 aliphatic rings. The number of halogens is 1. The van der Waals surface area contributed by atoms with Gasteiger partial charge in [0.05, 0.1) is 5.41 Å². The second-order valence-corrected chi connectivity index (χ2v) is 3.87. The van der Waals surface area contributed by atoms with Gasteiger partial charge in [-0.1, -0.05) is 19.1 Å². The van der Waals surface area contributed by atoms with Gasteiger partial charge in [-0.25, -0.2) is 4.39 Å². The maximum atomic E-state index is 13.0. The van der Waals surface area contributed by atoms with E-state index in [4.69, 9.17) is 0 Å². The summed E-state index contributed by atoms with van der Waals surface area (Å²) >= 11 is 0. The summed E-state index contributed by atoms with van der Waals surface area (Å²) in [6.07, 6.45) is 2.29. The van der Waals surface area contributed by atoms with E-state index in [0.717, 1.165) is 18.4 Å². The minimum atomic E-state index is -0.336. The van der Waals surface area contributed by atoms with Crippen molar-refractivity contribution in [3.63, 3.8) is 0 Å². The summed E-state index contributed by atoms with van der Waals surface area (Å²) in [6, 6.07) is 6.42. The van der Waals surface area contributed by atoms with Crippen LogP contribution >= 0.6 is 0 Å².